The molecule has 2 aromatic rings. The van der Waals surface area contributed by atoms with Crippen LogP contribution in [-0.2, 0) is 19.5 Å². The zero-order valence-electron chi connectivity index (χ0n) is 11.5. The van der Waals surface area contributed by atoms with Gasteiger partial charge in [-0.3, -0.25) is 0 Å². The van der Waals surface area contributed by atoms with E-state index in [0.717, 1.165) is 23.6 Å². The van der Waals surface area contributed by atoms with Crippen LogP contribution >= 0.6 is 0 Å². The van der Waals surface area contributed by atoms with Crippen molar-refractivity contribution >= 4 is 0 Å². The highest BCUT2D eigenvalue weighted by atomic mass is 16.5. The quantitative estimate of drug-likeness (QED) is 0.858. The Kier molecular flexibility index (Phi) is 4.52. The van der Waals surface area contributed by atoms with Gasteiger partial charge in [0.25, 0.3) is 0 Å². The molecule has 0 aliphatic rings. The summed E-state index contributed by atoms with van der Waals surface area (Å²) < 4.78 is 7.56. The molecule has 2 N–H and O–H groups in total. The molecule has 1 aromatic carbocycles. The molecule has 1 heterocycles. The van der Waals surface area contributed by atoms with E-state index in [1.54, 1.807) is 0 Å². The van der Waals surface area contributed by atoms with E-state index in [1.165, 1.54) is 5.56 Å². The number of aromatic nitrogens is 3. The first-order chi connectivity index (χ1) is 9.24. The Labute approximate surface area is 113 Å². The lowest BCUT2D eigenvalue weighted by Gasteiger charge is -2.08. The molecule has 5 nitrogen and oxygen atoms in total. The van der Waals surface area contributed by atoms with E-state index in [0.29, 0.717) is 19.7 Å². The minimum Gasteiger partial charge on any atom is -0.492 e. The summed E-state index contributed by atoms with van der Waals surface area (Å²) in [6.45, 7) is 5.83. The smallest absolute Gasteiger partial charge is 0.119 e. The number of hydrogen-bond acceptors (Lipinski definition) is 4. The number of benzene rings is 1. The van der Waals surface area contributed by atoms with Gasteiger partial charge in [0.15, 0.2) is 0 Å². The second kappa shape index (κ2) is 6.33. The lowest BCUT2D eigenvalue weighted by molar-refractivity contribution is 0.287. The molecule has 0 radical (unpaired) electrons. The summed E-state index contributed by atoms with van der Waals surface area (Å²) in [6.07, 6.45) is 0.879. The molecule has 0 unspecified atom stereocenters. The predicted molar refractivity (Wildman–Crippen MR) is 74.0 cm³/mol. The maximum Gasteiger partial charge on any atom is 0.119 e. The third-order valence-electron chi connectivity index (χ3n) is 3.04. The van der Waals surface area contributed by atoms with Gasteiger partial charge in [0, 0.05) is 6.54 Å². The Bertz CT molecular complexity index is 519. The largest absolute Gasteiger partial charge is 0.492 e. The molecule has 0 atom stereocenters. The molecule has 19 heavy (non-hydrogen) atoms. The van der Waals surface area contributed by atoms with Crippen LogP contribution in [0.15, 0.2) is 24.3 Å². The predicted octanol–water partition coefficient (Wildman–Crippen LogP) is 1.69. The number of ether oxygens (including phenoxy) is 1. The first-order valence-electron chi connectivity index (χ1n) is 6.55. The van der Waals surface area contributed by atoms with E-state index in [2.05, 4.69) is 24.2 Å². The maximum absolute atomic E-state index is 5.69. The zero-order valence-corrected chi connectivity index (χ0v) is 11.5. The maximum atomic E-state index is 5.69. The van der Waals surface area contributed by atoms with Crippen LogP contribution in [0.3, 0.4) is 0 Å². The van der Waals surface area contributed by atoms with Crippen LogP contribution in [0.2, 0.25) is 0 Å². The third kappa shape index (κ3) is 3.32. The third-order valence-corrected chi connectivity index (χ3v) is 3.04. The van der Waals surface area contributed by atoms with E-state index >= 15 is 0 Å². The second-order valence-corrected chi connectivity index (χ2v) is 4.43. The average Bonchev–Trinajstić information content (AvgIpc) is 2.83. The molecular formula is C14H20N4O. The van der Waals surface area contributed by atoms with Crippen molar-refractivity contribution in [3.05, 3.63) is 41.2 Å². The van der Waals surface area contributed by atoms with Crippen molar-refractivity contribution in [2.75, 3.05) is 6.61 Å². The lowest BCUT2D eigenvalue weighted by Crippen LogP contribution is -2.13. The van der Waals surface area contributed by atoms with Gasteiger partial charge in [0.05, 0.1) is 17.9 Å². The second-order valence-electron chi connectivity index (χ2n) is 4.43. The van der Waals surface area contributed by atoms with Crippen LogP contribution in [0.4, 0.5) is 0 Å². The Morgan fingerprint density at radius 2 is 2.00 bits per heavy atom. The standard InChI is InChI=1S/C14H20N4O/c1-3-14-13(10-15)16-17-18(14)8-9-19-12-6-4-11(2)5-7-12/h4-7H,3,8-10,15H2,1-2H3. The van der Waals surface area contributed by atoms with Crippen LogP contribution in [-0.4, -0.2) is 21.6 Å². The van der Waals surface area contributed by atoms with Crippen molar-refractivity contribution in [1.29, 1.82) is 0 Å². The fraction of sp³-hybridized carbons (Fsp3) is 0.429. The summed E-state index contributed by atoms with van der Waals surface area (Å²) in [5.41, 5.74) is 8.82. The van der Waals surface area contributed by atoms with Gasteiger partial charge in [-0.05, 0) is 25.5 Å². The highest BCUT2D eigenvalue weighted by molar-refractivity contribution is 5.26. The molecule has 0 bridgehead atoms. The lowest BCUT2D eigenvalue weighted by atomic mass is 10.2. The Morgan fingerprint density at radius 3 is 2.63 bits per heavy atom. The van der Waals surface area contributed by atoms with E-state index in [1.807, 2.05) is 28.9 Å². The van der Waals surface area contributed by atoms with Gasteiger partial charge in [0.2, 0.25) is 0 Å². The van der Waals surface area contributed by atoms with E-state index in [9.17, 15) is 0 Å². The topological polar surface area (TPSA) is 66.0 Å². The molecule has 0 aliphatic heterocycles. The van der Waals surface area contributed by atoms with Crippen molar-refractivity contribution in [3.8, 4) is 5.75 Å². The molecule has 0 spiro atoms. The van der Waals surface area contributed by atoms with Gasteiger partial charge in [0.1, 0.15) is 12.4 Å². The summed E-state index contributed by atoms with van der Waals surface area (Å²) in [4.78, 5) is 0. The van der Waals surface area contributed by atoms with Gasteiger partial charge in [-0.2, -0.15) is 0 Å². The number of nitrogens with zero attached hydrogens (tertiary/aromatic N) is 3. The molecule has 1 aromatic heterocycles. The van der Waals surface area contributed by atoms with Gasteiger partial charge < -0.3 is 10.5 Å². The van der Waals surface area contributed by atoms with Crippen LogP contribution in [0, 0.1) is 6.92 Å². The molecule has 0 fully saturated rings. The average molecular weight is 260 g/mol. The molecule has 0 amide bonds. The van der Waals surface area contributed by atoms with Crippen molar-refractivity contribution in [2.24, 2.45) is 5.73 Å². The molecular weight excluding hydrogens is 240 g/mol. The molecule has 2 rings (SSSR count). The first kappa shape index (κ1) is 13.5. The zero-order chi connectivity index (χ0) is 13.7. The van der Waals surface area contributed by atoms with Crippen LogP contribution in [0.1, 0.15) is 23.9 Å². The summed E-state index contributed by atoms with van der Waals surface area (Å²) in [7, 11) is 0. The van der Waals surface area contributed by atoms with Crippen molar-refractivity contribution in [1.82, 2.24) is 15.0 Å². The summed E-state index contributed by atoms with van der Waals surface area (Å²) in [5, 5.41) is 8.18. The number of aryl methyl sites for hydroxylation is 1. The molecule has 0 aliphatic carbocycles. The van der Waals surface area contributed by atoms with Crippen LogP contribution in [0.5, 0.6) is 5.75 Å². The number of rotatable bonds is 6. The summed E-state index contributed by atoms with van der Waals surface area (Å²) in [5.74, 6) is 0.878. The van der Waals surface area contributed by atoms with E-state index in [4.69, 9.17) is 10.5 Å². The number of nitrogens with two attached hydrogens (primary N) is 1. The summed E-state index contributed by atoms with van der Waals surface area (Å²) in [6, 6.07) is 8.02. The van der Waals surface area contributed by atoms with E-state index < -0.39 is 0 Å². The van der Waals surface area contributed by atoms with Crippen LogP contribution in [0.25, 0.3) is 0 Å². The SMILES string of the molecule is CCc1c(CN)nnn1CCOc1ccc(C)cc1. The highest BCUT2D eigenvalue weighted by Gasteiger charge is 2.09. The molecule has 102 valence electrons. The Balaban J connectivity index is 1.92. The Hall–Kier alpha value is -1.88. The monoisotopic (exact) mass is 260 g/mol. The fourth-order valence-electron chi connectivity index (χ4n) is 1.98. The minimum absolute atomic E-state index is 0.433. The normalized spacial score (nSPS) is 10.7. The molecule has 5 heteroatoms. The summed E-state index contributed by atoms with van der Waals surface area (Å²) >= 11 is 0. The molecule has 0 saturated carbocycles. The number of hydrogen-bond donors (Lipinski definition) is 1. The van der Waals surface area contributed by atoms with Gasteiger partial charge >= 0.3 is 0 Å². The first-order valence-corrected chi connectivity index (χ1v) is 6.55. The van der Waals surface area contributed by atoms with Crippen molar-refractivity contribution in [2.45, 2.75) is 33.4 Å². The van der Waals surface area contributed by atoms with Gasteiger partial charge in [-0.25, -0.2) is 4.68 Å². The van der Waals surface area contributed by atoms with Crippen molar-refractivity contribution < 1.29 is 4.74 Å². The van der Waals surface area contributed by atoms with Crippen molar-refractivity contribution in [3.63, 3.8) is 0 Å². The van der Waals surface area contributed by atoms with Gasteiger partial charge in [-0.1, -0.05) is 29.8 Å². The minimum atomic E-state index is 0.433. The van der Waals surface area contributed by atoms with Crippen LogP contribution < -0.4 is 10.5 Å². The molecule has 0 saturated heterocycles. The highest BCUT2D eigenvalue weighted by Crippen LogP contribution is 2.12. The van der Waals surface area contributed by atoms with Gasteiger partial charge in [-0.15, -0.1) is 5.10 Å². The van der Waals surface area contributed by atoms with E-state index in [-0.39, 0.29) is 0 Å². The fourth-order valence-corrected chi connectivity index (χ4v) is 1.98. The Morgan fingerprint density at radius 1 is 1.26 bits per heavy atom.